The molecule has 1 aliphatic heterocycles. The van der Waals surface area contributed by atoms with Gasteiger partial charge >= 0.3 is 0 Å². The second-order valence-electron chi connectivity index (χ2n) is 7.67. The van der Waals surface area contributed by atoms with Gasteiger partial charge in [0.05, 0.1) is 18.4 Å². The van der Waals surface area contributed by atoms with Crippen LogP contribution in [0.25, 0.3) is 5.57 Å². The molecule has 0 N–H and O–H groups in total. The van der Waals surface area contributed by atoms with Crippen LogP contribution in [0.4, 0.5) is 11.4 Å². The summed E-state index contributed by atoms with van der Waals surface area (Å²) in [5, 5.41) is 0. The highest BCUT2D eigenvalue weighted by Gasteiger charge is 2.44. The van der Waals surface area contributed by atoms with Crippen molar-refractivity contribution in [3.05, 3.63) is 95.2 Å². The number of carbonyl (C=O) groups excluding carboxylic acids is 2. The largest absolute Gasteiger partial charge is 0.496 e. The highest BCUT2D eigenvalue weighted by Crippen LogP contribution is 2.40. The number of aryl methyl sites for hydroxylation is 1. The van der Waals surface area contributed by atoms with Crippen LogP contribution in [0.15, 0.2) is 78.5 Å². The molecule has 3 aromatic carbocycles. The van der Waals surface area contributed by atoms with Gasteiger partial charge in [0.15, 0.2) is 0 Å². The molecule has 0 radical (unpaired) electrons. The van der Waals surface area contributed by atoms with Gasteiger partial charge in [0.25, 0.3) is 11.8 Å². The molecule has 2 amide bonds. The summed E-state index contributed by atoms with van der Waals surface area (Å²) in [4.78, 5) is 31.0. The Bertz CT molecular complexity index is 1210. The van der Waals surface area contributed by atoms with E-state index in [0.29, 0.717) is 34.8 Å². The lowest BCUT2D eigenvalue weighted by Crippen LogP contribution is -2.35. The number of nitrogens with zero attached hydrogens (tertiary/aromatic N) is 2. The van der Waals surface area contributed by atoms with Crippen molar-refractivity contribution in [1.82, 2.24) is 0 Å². The van der Waals surface area contributed by atoms with E-state index < -0.39 is 0 Å². The molecule has 0 aromatic heterocycles. The van der Waals surface area contributed by atoms with E-state index >= 15 is 0 Å². The minimum Gasteiger partial charge on any atom is -0.496 e. The molecule has 3 aromatic rings. The van der Waals surface area contributed by atoms with Crippen molar-refractivity contribution in [3.63, 3.8) is 0 Å². The number of hydrogen-bond acceptors (Lipinski definition) is 4. The summed E-state index contributed by atoms with van der Waals surface area (Å²) in [5.74, 6) is -0.138. The topological polar surface area (TPSA) is 49.9 Å². The number of anilines is 2. The highest BCUT2D eigenvalue weighted by molar-refractivity contribution is 6.46. The molecule has 0 spiro atoms. The van der Waals surface area contributed by atoms with Gasteiger partial charge < -0.3 is 9.64 Å². The van der Waals surface area contributed by atoms with Crippen LogP contribution >= 0.6 is 0 Å². The van der Waals surface area contributed by atoms with Gasteiger partial charge in [-0.3, -0.25) is 9.59 Å². The average molecular weight is 427 g/mol. The minimum atomic E-state index is -0.349. The average Bonchev–Trinajstić information content (AvgIpc) is 3.07. The Balaban J connectivity index is 1.97. The first-order valence-corrected chi connectivity index (χ1v) is 10.6. The fraction of sp³-hybridized carbons (Fsp3) is 0.185. The number of benzene rings is 3. The highest BCUT2D eigenvalue weighted by atomic mass is 16.5. The zero-order chi connectivity index (χ0) is 22.8. The van der Waals surface area contributed by atoms with E-state index in [4.69, 9.17) is 4.74 Å². The Kier molecular flexibility index (Phi) is 5.82. The van der Waals surface area contributed by atoms with E-state index in [0.717, 1.165) is 16.8 Å². The molecule has 0 unspecified atom stereocenters. The molecule has 162 valence electrons. The fourth-order valence-corrected chi connectivity index (χ4v) is 4.14. The third-order valence-electron chi connectivity index (χ3n) is 5.91. The van der Waals surface area contributed by atoms with Crippen LogP contribution in [0.3, 0.4) is 0 Å². The maximum absolute atomic E-state index is 13.9. The van der Waals surface area contributed by atoms with Crippen molar-refractivity contribution in [2.45, 2.75) is 20.8 Å². The Hall–Kier alpha value is -3.86. The van der Waals surface area contributed by atoms with Crippen LogP contribution in [0.5, 0.6) is 5.75 Å². The summed E-state index contributed by atoms with van der Waals surface area (Å²) in [7, 11) is 1.57. The third-order valence-corrected chi connectivity index (χ3v) is 5.91. The van der Waals surface area contributed by atoms with E-state index in [9.17, 15) is 9.59 Å². The van der Waals surface area contributed by atoms with E-state index in [2.05, 4.69) is 0 Å². The zero-order valence-electron chi connectivity index (χ0n) is 18.8. The molecule has 5 heteroatoms. The Morgan fingerprint density at radius 3 is 2.22 bits per heavy atom. The van der Waals surface area contributed by atoms with E-state index in [1.165, 1.54) is 4.90 Å². The first-order valence-electron chi connectivity index (χ1n) is 10.6. The van der Waals surface area contributed by atoms with E-state index in [-0.39, 0.29) is 11.8 Å². The number of ether oxygens (including phenoxy) is 1. The molecular formula is C27H26N2O3. The standard InChI is InChI=1S/C27H26N2O3/c1-5-28(20-13-7-6-8-14-20)25-24(21-15-9-10-17-23(21)32-4)26(30)29(27(25)31)22-16-11-12-18(2)19(22)3/h6-17H,5H2,1-4H3. The van der Waals surface area contributed by atoms with E-state index in [1.807, 2.05) is 92.4 Å². The molecule has 0 fully saturated rings. The van der Waals surface area contributed by atoms with Crippen molar-refractivity contribution < 1.29 is 14.3 Å². The molecule has 0 bridgehead atoms. The fourth-order valence-electron chi connectivity index (χ4n) is 4.14. The van der Waals surface area contributed by atoms with Crippen LogP contribution in [0.1, 0.15) is 23.6 Å². The molecule has 0 saturated heterocycles. The van der Waals surface area contributed by atoms with Gasteiger partial charge in [-0.05, 0) is 56.2 Å². The van der Waals surface area contributed by atoms with Crippen molar-refractivity contribution in [2.75, 3.05) is 23.5 Å². The molecule has 1 heterocycles. The van der Waals surface area contributed by atoms with Gasteiger partial charge in [0, 0.05) is 17.8 Å². The quantitative estimate of drug-likeness (QED) is 0.513. The van der Waals surface area contributed by atoms with Crippen molar-refractivity contribution in [3.8, 4) is 5.75 Å². The number of carbonyl (C=O) groups is 2. The van der Waals surface area contributed by atoms with Crippen LogP contribution in [-0.4, -0.2) is 25.5 Å². The molecule has 32 heavy (non-hydrogen) atoms. The van der Waals surface area contributed by atoms with Crippen LogP contribution in [0.2, 0.25) is 0 Å². The van der Waals surface area contributed by atoms with Gasteiger partial charge in [0.1, 0.15) is 11.4 Å². The maximum atomic E-state index is 13.9. The first-order chi connectivity index (χ1) is 15.5. The predicted molar refractivity (Wildman–Crippen MR) is 128 cm³/mol. The van der Waals surface area contributed by atoms with Crippen LogP contribution < -0.4 is 14.5 Å². The summed E-state index contributed by atoms with van der Waals surface area (Å²) < 4.78 is 5.56. The zero-order valence-corrected chi connectivity index (χ0v) is 18.8. The lowest BCUT2D eigenvalue weighted by Gasteiger charge is -2.25. The predicted octanol–water partition coefficient (Wildman–Crippen LogP) is 5.12. The number of likely N-dealkylation sites (N-methyl/N-ethyl adjacent to an activating group) is 1. The lowest BCUT2D eigenvalue weighted by atomic mass is 10.0. The van der Waals surface area contributed by atoms with Gasteiger partial charge in [-0.2, -0.15) is 0 Å². The summed E-state index contributed by atoms with van der Waals surface area (Å²) in [6, 6.07) is 22.6. The molecule has 0 aliphatic carbocycles. The number of amides is 2. The van der Waals surface area contributed by atoms with Crippen LogP contribution in [-0.2, 0) is 9.59 Å². The normalized spacial score (nSPS) is 13.7. The third kappa shape index (κ3) is 3.46. The lowest BCUT2D eigenvalue weighted by molar-refractivity contribution is -0.120. The summed E-state index contributed by atoms with van der Waals surface area (Å²) in [6.45, 7) is 6.40. The molecule has 0 atom stereocenters. The van der Waals surface area contributed by atoms with Crippen molar-refractivity contribution in [2.24, 2.45) is 0 Å². The van der Waals surface area contributed by atoms with Crippen molar-refractivity contribution >= 4 is 28.8 Å². The van der Waals surface area contributed by atoms with Gasteiger partial charge in [-0.15, -0.1) is 0 Å². The number of rotatable bonds is 6. The second-order valence-corrected chi connectivity index (χ2v) is 7.67. The van der Waals surface area contributed by atoms with Crippen molar-refractivity contribution in [1.29, 1.82) is 0 Å². The molecule has 1 aliphatic rings. The number of methoxy groups -OCH3 is 1. The SMILES string of the molecule is CCN(C1=C(c2ccccc2OC)C(=O)N(c2cccc(C)c2C)C1=O)c1ccccc1. The molecule has 5 nitrogen and oxygen atoms in total. The Morgan fingerprint density at radius 2 is 1.53 bits per heavy atom. The summed E-state index contributed by atoms with van der Waals surface area (Å²) >= 11 is 0. The molecule has 0 saturated carbocycles. The first kappa shape index (κ1) is 21.4. The van der Waals surface area contributed by atoms with Gasteiger partial charge in [0.2, 0.25) is 0 Å². The Morgan fingerprint density at radius 1 is 0.844 bits per heavy atom. The van der Waals surface area contributed by atoms with E-state index in [1.54, 1.807) is 13.2 Å². The van der Waals surface area contributed by atoms with Gasteiger partial charge in [-0.25, -0.2) is 4.90 Å². The molecule has 4 rings (SSSR count). The van der Waals surface area contributed by atoms with Gasteiger partial charge in [-0.1, -0.05) is 48.5 Å². The summed E-state index contributed by atoms with van der Waals surface area (Å²) in [5.41, 5.74) is 4.68. The number of imide groups is 1. The number of hydrogen-bond donors (Lipinski definition) is 0. The smallest absolute Gasteiger partial charge is 0.282 e. The minimum absolute atomic E-state index is 0.338. The Labute approximate surface area is 188 Å². The van der Waals surface area contributed by atoms with Crippen LogP contribution in [0, 0.1) is 13.8 Å². The molecular weight excluding hydrogens is 400 g/mol. The second kappa shape index (κ2) is 8.71. The monoisotopic (exact) mass is 426 g/mol. The maximum Gasteiger partial charge on any atom is 0.282 e. The summed E-state index contributed by atoms with van der Waals surface area (Å²) in [6.07, 6.45) is 0. The number of para-hydroxylation sites is 2.